The minimum Gasteiger partial charge on any atom is -0.399 e. The van der Waals surface area contributed by atoms with Crippen LogP contribution in [-0.4, -0.2) is 33.8 Å². The summed E-state index contributed by atoms with van der Waals surface area (Å²) in [5, 5.41) is 0. The van der Waals surface area contributed by atoms with Crippen molar-refractivity contribution in [3.63, 3.8) is 0 Å². The molecule has 0 radical (unpaired) electrons. The van der Waals surface area contributed by atoms with Crippen LogP contribution in [0.25, 0.3) is 0 Å². The van der Waals surface area contributed by atoms with Gasteiger partial charge in [0.25, 0.3) is 0 Å². The maximum absolute atomic E-state index is 12.1. The lowest BCUT2D eigenvalue weighted by Gasteiger charge is -2.32. The fraction of sp³-hybridized carbons (Fsp3) is 0.615. The number of pyridine rings is 1. The number of nitrogens with one attached hydrogen (secondary N) is 1. The molecule has 1 aliphatic heterocycles. The normalized spacial score (nSPS) is 21.9. The second-order valence-corrected chi connectivity index (χ2v) is 7.51. The molecule has 5 nitrogen and oxygen atoms in total. The van der Waals surface area contributed by atoms with Crippen molar-refractivity contribution in [2.24, 2.45) is 0 Å². The molecule has 1 N–H and O–H groups in total. The Morgan fingerprint density at radius 3 is 2.20 bits per heavy atom. The molecule has 20 heavy (non-hydrogen) atoms. The Bertz CT molecular complexity index is 580. The molecule has 0 aromatic carbocycles. The summed E-state index contributed by atoms with van der Waals surface area (Å²) in [6, 6.07) is 3.44. The van der Waals surface area contributed by atoms with Crippen LogP contribution < -0.4 is 11.0 Å². The standard InChI is InChI=1S/C13H20BNO4S/c1-12(2)13(3,4)19-14(18-12)10-7-6-9(8-20(5)17)15-11(10)16/h6-7H,8H2,1-5H3,(H,15,16). The van der Waals surface area contributed by atoms with E-state index in [0.717, 1.165) is 0 Å². The average molecular weight is 297 g/mol. The van der Waals surface area contributed by atoms with Crippen LogP contribution in [-0.2, 0) is 25.9 Å². The highest BCUT2D eigenvalue weighted by molar-refractivity contribution is 7.83. The van der Waals surface area contributed by atoms with Crippen LogP contribution in [0.3, 0.4) is 0 Å². The lowest BCUT2D eigenvalue weighted by atomic mass is 9.80. The van der Waals surface area contributed by atoms with E-state index in [1.54, 1.807) is 18.4 Å². The third-order valence-corrected chi connectivity index (χ3v) is 4.58. The third kappa shape index (κ3) is 2.89. The fourth-order valence-corrected chi connectivity index (χ4v) is 2.59. The van der Waals surface area contributed by atoms with Crippen molar-refractivity contribution < 1.29 is 13.5 Å². The zero-order chi connectivity index (χ0) is 15.1. The molecule has 1 fully saturated rings. The van der Waals surface area contributed by atoms with Crippen molar-refractivity contribution in [1.29, 1.82) is 0 Å². The molecule has 0 saturated carbocycles. The van der Waals surface area contributed by atoms with Gasteiger partial charge in [-0.25, -0.2) is 0 Å². The maximum Gasteiger partial charge on any atom is 0.500 e. The van der Waals surface area contributed by atoms with Gasteiger partial charge in [-0.15, -0.1) is 0 Å². The first-order valence-corrected chi connectivity index (χ1v) is 8.23. The van der Waals surface area contributed by atoms with Crippen LogP contribution >= 0.6 is 0 Å². The minimum atomic E-state index is -0.991. The van der Waals surface area contributed by atoms with Crippen LogP contribution in [0.15, 0.2) is 16.9 Å². The SMILES string of the molecule is CS(=O)Cc1ccc(B2OC(C)(C)C(C)(C)O2)c(=O)[nH]1. The van der Waals surface area contributed by atoms with Gasteiger partial charge in [-0.1, -0.05) is 6.07 Å². The molecule has 7 heteroatoms. The average Bonchev–Trinajstić information content (AvgIpc) is 2.46. The number of rotatable bonds is 3. The number of hydrogen-bond donors (Lipinski definition) is 1. The van der Waals surface area contributed by atoms with Crippen LogP contribution in [0.2, 0.25) is 0 Å². The largest absolute Gasteiger partial charge is 0.500 e. The molecule has 1 atom stereocenters. The lowest BCUT2D eigenvalue weighted by molar-refractivity contribution is 0.00578. The summed E-state index contributed by atoms with van der Waals surface area (Å²) in [5.41, 5.74) is -0.127. The zero-order valence-corrected chi connectivity index (χ0v) is 13.3. The first-order chi connectivity index (χ1) is 9.12. The van der Waals surface area contributed by atoms with Gasteiger partial charge in [-0.05, 0) is 33.8 Å². The van der Waals surface area contributed by atoms with E-state index >= 15 is 0 Å². The summed E-state index contributed by atoms with van der Waals surface area (Å²) < 4.78 is 22.9. The number of hydrogen-bond acceptors (Lipinski definition) is 4. The second-order valence-electron chi connectivity index (χ2n) is 6.07. The smallest absolute Gasteiger partial charge is 0.399 e. The molecule has 0 spiro atoms. The summed E-state index contributed by atoms with van der Waals surface area (Å²) in [7, 11) is -1.67. The molecule has 0 bridgehead atoms. The quantitative estimate of drug-likeness (QED) is 0.827. The van der Waals surface area contributed by atoms with Crippen LogP contribution in [0, 0.1) is 0 Å². The summed E-state index contributed by atoms with van der Waals surface area (Å²) >= 11 is 0. The van der Waals surface area contributed by atoms with Gasteiger partial charge < -0.3 is 14.3 Å². The first-order valence-electron chi connectivity index (χ1n) is 6.50. The Labute approximate surface area is 121 Å². The van der Waals surface area contributed by atoms with E-state index in [2.05, 4.69) is 4.98 Å². The number of H-pyrrole nitrogens is 1. The van der Waals surface area contributed by atoms with Gasteiger partial charge >= 0.3 is 7.12 Å². The molecule has 1 aromatic rings. The molecule has 1 saturated heterocycles. The molecule has 2 rings (SSSR count). The third-order valence-electron chi connectivity index (χ3n) is 3.87. The topological polar surface area (TPSA) is 68.4 Å². The van der Waals surface area contributed by atoms with Gasteiger partial charge in [0.15, 0.2) is 0 Å². The van der Waals surface area contributed by atoms with E-state index in [-0.39, 0.29) is 5.56 Å². The van der Waals surface area contributed by atoms with Crippen molar-refractivity contribution in [3.05, 3.63) is 28.2 Å². The highest BCUT2D eigenvalue weighted by Gasteiger charge is 2.52. The zero-order valence-electron chi connectivity index (χ0n) is 12.5. The molecule has 110 valence electrons. The van der Waals surface area contributed by atoms with Crippen molar-refractivity contribution in [1.82, 2.24) is 4.98 Å². The van der Waals surface area contributed by atoms with Crippen molar-refractivity contribution in [3.8, 4) is 0 Å². The van der Waals surface area contributed by atoms with Gasteiger partial charge in [0.1, 0.15) is 0 Å². The van der Waals surface area contributed by atoms with Gasteiger partial charge in [0.2, 0.25) is 5.56 Å². The van der Waals surface area contributed by atoms with Crippen molar-refractivity contribution in [2.75, 3.05) is 6.26 Å². The molecule has 0 aliphatic carbocycles. The van der Waals surface area contributed by atoms with Crippen LogP contribution in [0.1, 0.15) is 33.4 Å². The van der Waals surface area contributed by atoms with Crippen molar-refractivity contribution in [2.45, 2.75) is 44.6 Å². The molecule has 1 unspecified atom stereocenters. The summed E-state index contributed by atoms with van der Waals surface area (Å²) in [4.78, 5) is 14.8. The Morgan fingerprint density at radius 1 is 1.20 bits per heavy atom. The van der Waals surface area contributed by atoms with E-state index < -0.39 is 29.1 Å². The highest BCUT2D eigenvalue weighted by atomic mass is 32.2. The van der Waals surface area contributed by atoms with Gasteiger partial charge in [0, 0.05) is 28.2 Å². The second kappa shape index (κ2) is 5.13. The van der Waals surface area contributed by atoms with E-state index in [1.165, 1.54) is 0 Å². The van der Waals surface area contributed by atoms with Gasteiger partial charge in [0.05, 0.1) is 17.0 Å². The summed E-state index contributed by atoms with van der Waals surface area (Å²) in [5.74, 6) is 0.332. The van der Waals surface area contributed by atoms with Crippen molar-refractivity contribution >= 4 is 23.4 Å². The molecule has 1 aromatic heterocycles. The van der Waals surface area contributed by atoms with E-state index in [4.69, 9.17) is 9.31 Å². The minimum absolute atomic E-state index is 0.258. The molecular weight excluding hydrogens is 277 g/mol. The highest BCUT2D eigenvalue weighted by Crippen LogP contribution is 2.36. The summed E-state index contributed by atoms with van der Waals surface area (Å²) in [6.45, 7) is 7.76. The van der Waals surface area contributed by atoms with Crippen LogP contribution in [0.4, 0.5) is 0 Å². The maximum atomic E-state index is 12.1. The molecular formula is C13H20BNO4S. The van der Waals surface area contributed by atoms with E-state index in [1.807, 2.05) is 27.7 Å². The first kappa shape index (κ1) is 15.5. The van der Waals surface area contributed by atoms with Gasteiger partial charge in [-0.3, -0.25) is 9.00 Å². The molecule has 1 aliphatic rings. The lowest BCUT2D eigenvalue weighted by Crippen LogP contribution is -2.45. The fourth-order valence-electron chi connectivity index (χ4n) is 1.98. The predicted octanol–water partition coefficient (Wildman–Crippen LogP) is 0.553. The Hall–Kier alpha value is -0.915. The van der Waals surface area contributed by atoms with Gasteiger partial charge in [-0.2, -0.15) is 0 Å². The number of aromatic amines is 1. The monoisotopic (exact) mass is 297 g/mol. The van der Waals surface area contributed by atoms with Crippen LogP contribution in [0.5, 0.6) is 0 Å². The predicted molar refractivity (Wildman–Crippen MR) is 80.5 cm³/mol. The Morgan fingerprint density at radius 2 is 1.75 bits per heavy atom. The Balaban J connectivity index is 2.28. The summed E-state index contributed by atoms with van der Waals surface area (Å²) in [6.07, 6.45) is 1.60. The van der Waals surface area contributed by atoms with E-state index in [9.17, 15) is 9.00 Å². The molecule has 0 amide bonds. The Kier molecular flexibility index (Phi) is 3.97. The molecule has 2 heterocycles. The van der Waals surface area contributed by atoms with E-state index in [0.29, 0.717) is 16.9 Å². The number of aromatic nitrogens is 1.